The number of para-hydroxylation sites is 1. The van der Waals surface area contributed by atoms with Crippen molar-refractivity contribution < 1.29 is 18.7 Å². The van der Waals surface area contributed by atoms with Crippen LogP contribution < -0.4 is 15.0 Å². The van der Waals surface area contributed by atoms with E-state index in [1.54, 1.807) is 54.6 Å². The zero-order valence-corrected chi connectivity index (χ0v) is 20.7. The van der Waals surface area contributed by atoms with Crippen LogP contribution in [0.3, 0.4) is 0 Å². The number of carbonyl (C=O) groups excluding carboxylic acids is 2. The van der Waals surface area contributed by atoms with Crippen LogP contribution in [0.4, 0.5) is 5.69 Å². The van der Waals surface area contributed by atoms with Crippen LogP contribution in [0.5, 0.6) is 11.5 Å². The molecule has 1 saturated heterocycles. The van der Waals surface area contributed by atoms with Gasteiger partial charge in [-0.1, -0.05) is 41.4 Å². The monoisotopic (exact) mass is 534 g/mol. The van der Waals surface area contributed by atoms with E-state index in [4.69, 9.17) is 44.6 Å². The molecule has 0 bridgehead atoms. The van der Waals surface area contributed by atoms with Crippen LogP contribution in [0, 0.1) is 0 Å². The number of anilines is 1. The third-order valence-electron chi connectivity index (χ3n) is 5.28. The largest absolute Gasteiger partial charge is 0.457 e. The number of nitrogens with zero attached hydrogens (tertiary/aromatic N) is 1. The first-order chi connectivity index (χ1) is 17.4. The van der Waals surface area contributed by atoms with E-state index in [1.165, 1.54) is 11.0 Å². The van der Waals surface area contributed by atoms with E-state index in [2.05, 4.69) is 5.32 Å². The molecule has 9 heteroatoms. The van der Waals surface area contributed by atoms with Crippen LogP contribution in [0.25, 0.3) is 17.4 Å². The SMILES string of the molecule is O=C1NC(=S)N(c2ccc(Oc3ccccc3)cc2)C(=O)C1=Cc1ccc(-c2cc(Cl)ccc2Cl)o1. The third kappa shape index (κ3) is 4.90. The fourth-order valence-electron chi connectivity index (χ4n) is 3.58. The maximum absolute atomic E-state index is 13.3. The van der Waals surface area contributed by atoms with E-state index < -0.39 is 11.8 Å². The number of thiocarbonyl (C=S) groups is 1. The fourth-order valence-corrected chi connectivity index (χ4v) is 4.25. The van der Waals surface area contributed by atoms with E-state index in [-0.39, 0.29) is 10.7 Å². The van der Waals surface area contributed by atoms with E-state index in [1.807, 2.05) is 30.3 Å². The van der Waals surface area contributed by atoms with Crippen LogP contribution >= 0.6 is 35.4 Å². The van der Waals surface area contributed by atoms with Crippen LogP contribution in [0.15, 0.2) is 94.9 Å². The Hall–Kier alpha value is -3.91. The lowest BCUT2D eigenvalue weighted by atomic mass is 10.1. The van der Waals surface area contributed by atoms with Crippen LogP contribution in [0.2, 0.25) is 10.0 Å². The molecule has 0 aliphatic carbocycles. The highest BCUT2D eigenvalue weighted by atomic mass is 35.5. The van der Waals surface area contributed by atoms with Crippen molar-refractivity contribution in [2.45, 2.75) is 0 Å². The molecule has 1 N–H and O–H groups in total. The highest BCUT2D eigenvalue weighted by Crippen LogP contribution is 2.33. The van der Waals surface area contributed by atoms with Gasteiger partial charge in [-0.3, -0.25) is 19.8 Å². The van der Waals surface area contributed by atoms with Gasteiger partial charge in [0.2, 0.25) is 0 Å². The van der Waals surface area contributed by atoms with Gasteiger partial charge < -0.3 is 9.15 Å². The topological polar surface area (TPSA) is 71.8 Å². The molecule has 1 aliphatic heterocycles. The number of amides is 2. The number of rotatable bonds is 5. The average Bonchev–Trinajstić information content (AvgIpc) is 3.33. The Labute approximate surface area is 221 Å². The van der Waals surface area contributed by atoms with Crippen molar-refractivity contribution in [2.24, 2.45) is 0 Å². The predicted molar refractivity (Wildman–Crippen MR) is 143 cm³/mol. The minimum Gasteiger partial charge on any atom is -0.457 e. The predicted octanol–water partition coefficient (Wildman–Crippen LogP) is 6.88. The molecule has 178 valence electrons. The van der Waals surface area contributed by atoms with Gasteiger partial charge in [0.25, 0.3) is 11.8 Å². The van der Waals surface area contributed by atoms with E-state index in [0.717, 1.165) is 0 Å². The van der Waals surface area contributed by atoms with E-state index in [0.29, 0.717) is 44.3 Å². The van der Waals surface area contributed by atoms with Crippen molar-refractivity contribution in [3.8, 4) is 22.8 Å². The summed E-state index contributed by atoms with van der Waals surface area (Å²) in [6, 6.07) is 24.4. The number of ether oxygens (including phenoxy) is 1. The average molecular weight is 535 g/mol. The molecule has 1 fully saturated rings. The van der Waals surface area contributed by atoms with Gasteiger partial charge in [-0.2, -0.15) is 0 Å². The van der Waals surface area contributed by atoms with Gasteiger partial charge in [0.1, 0.15) is 28.6 Å². The van der Waals surface area contributed by atoms with Gasteiger partial charge in [-0.05, 0) is 85.0 Å². The molecule has 0 spiro atoms. The smallest absolute Gasteiger partial charge is 0.270 e. The summed E-state index contributed by atoms with van der Waals surface area (Å²) in [4.78, 5) is 27.2. The normalized spacial score (nSPS) is 14.8. The van der Waals surface area contributed by atoms with Crippen LogP contribution in [-0.2, 0) is 9.59 Å². The summed E-state index contributed by atoms with van der Waals surface area (Å²) in [7, 11) is 0. The summed E-state index contributed by atoms with van der Waals surface area (Å²) in [5, 5.41) is 3.48. The first-order valence-corrected chi connectivity index (χ1v) is 11.8. The quantitative estimate of drug-likeness (QED) is 0.171. The molecule has 0 saturated carbocycles. The lowest BCUT2D eigenvalue weighted by Crippen LogP contribution is -2.54. The second kappa shape index (κ2) is 9.99. The second-order valence-electron chi connectivity index (χ2n) is 7.69. The van der Waals surface area contributed by atoms with Gasteiger partial charge in [-0.25, -0.2) is 0 Å². The number of hydrogen-bond donors (Lipinski definition) is 1. The van der Waals surface area contributed by atoms with Crippen molar-refractivity contribution in [2.75, 3.05) is 4.90 Å². The van der Waals surface area contributed by atoms with Crippen LogP contribution in [-0.4, -0.2) is 16.9 Å². The number of halogens is 2. The molecule has 0 unspecified atom stereocenters. The number of hydrogen-bond acceptors (Lipinski definition) is 5. The first-order valence-electron chi connectivity index (χ1n) is 10.7. The Morgan fingerprint density at radius 1 is 0.889 bits per heavy atom. The summed E-state index contributed by atoms with van der Waals surface area (Å²) in [6.45, 7) is 0. The summed E-state index contributed by atoms with van der Waals surface area (Å²) in [5.41, 5.74) is 0.933. The van der Waals surface area contributed by atoms with Crippen molar-refractivity contribution in [3.05, 3.63) is 106 Å². The maximum atomic E-state index is 13.3. The fraction of sp³-hybridized carbons (Fsp3) is 0. The van der Waals surface area contributed by atoms with Gasteiger partial charge in [0.15, 0.2) is 5.11 Å². The number of carbonyl (C=O) groups is 2. The molecule has 2 amide bonds. The Balaban J connectivity index is 1.40. The standard InChI is InChI=1S/C27H16Cl2N2O4S/c28-16-6-12-23(29)21(14-16)24-13-11-20(35-24)15-22-25(32)30-27(36)31(26(22)33)17-7-9-19(10-8-17)34-18-4-2-1-3-5-18/h1-15H,(H,30,32,36). The van der Waals surface area contributed by atoms with E-state index in [9.17, 15) is 9.59 Å². The third-order valence-corrected chi connectivity index (χ3v) is 6.13. The minimum absolute atomic E-state index is 0.0234. The molecule has 0 atom stereocenters. The zero-order valence-electron chi connectivity index (χ0n) is 18.4. The summed E-state index contributed by atoms with van der Waals surface area (Å²) in [5.74, 6) is 0.800. The Kier molecular flexibility index (Phi) is 6.61. The molecular formula is C27H16Cl2N2O4S. The second-order valence-corrected chi connectivity index (χ2v) is 8.92. The molecule has 0 radical (unpaired) electrons. The Morgan fingerprint density at radius 3 is 2.36 bits per heavy atom. The number of benzene rings is 3. The summed E-state index contributed by atoms with van der Waals surface area (Å²) in [6.07, 6.45) is 1.36. The Morgan fingerprint density at radius 2 is 1.61 bits per heavy atom. The molecule has 4 aromatic rings. The molecule has 6 nitrogen and oxygen atoms in total. The van der Waals surface area contributed by atoms with Crippen molar-refractivity contribution in [3.63, 3.8) is 0 Å². The highest BCUT2D eigenvalue weighted by molar-refractivity contribution is 7.80. The maximum Gasteiger partial charge on any atom is 0.270 e. The molecule has 1 aromatic heterocycles. The first kappa shape index (κ1) is 23.8. The summed E-state index contributed by atoms with van der Waals surface area (Å²) >= 11 is 17.6. The lowest BCUT2D eigenvalue weighted by molar-refractivity contribution is -0.122. The van der Waals surface area contributed by atoms with Gasteiger partial charge in [-0.15, -0.1) is 0 Å². The molecule has 3 aromatic carbocycles. The molecular weight excluding hydrogens is 519 g/mol. The zero-order chi connectivity index (χ0) is 25.2. The Bertz CT molecular complexity index is 1510. The van der Waals surface area contributed by atoms with Crippen molar-refractivity contribution in [1.82, 2.24) is 5.32 Å². The van der Waals surface area contributed by atoms with Gasteiger partial charge >= 0.3 is 0 Å². The molecule has 36 heavy (non-hydrogen) atoms. The minimum atomic E-state index is -0.621. The lowest BCUT2D eigenvalue weighted by Gasteiger charge is -2.28. The highest BCUT2D eigenvalue weighted by Gasteiger charge is 2.34. The van der Waals surface area contributed by atoms with Crippen molar-refractivity contribution >= 4 is 64.1 Å². The number of nitrogens with one attached hydrogen (secondary N) is 1. The number of furan rings is 1. The molecule has 5 rings (SSSR count). The summed E-state index contributed by atoms with van der Waals surface area (Å²) < 4.78 is 11.6. The van der Waals surface area contributed by atoms with Gasteiger partial charge in [0.05, 0.1) is 10.7 Å². The van der Waals surface area contributed by atoms with Gasteiger partial charge in [0, 0.05) is 10.6 Å². The van der Waals surface area contributed by atoms with Crippen molar-refractivity contribution in [1.29, 1.82) is 0 Å². The van der Waals surface area contributed by atoms with Crippen LogP contribution in [0.1, 0.15) is 5.76 Å². The molecule has 2 heterocycles. The molecule has 1 aliphatic rings. The van der Waals surface area contributed by atoms with E-state index >= 15 is 0 Å².